The van der Waals surface area contributed by atoms with Crippen molar-refractivity contribution in [3.05, 3.63) is 90.6 Å². The van der Waals surface area contributed by atoms with Gasteiger partial charge in [0.2, 0.25) is 0 Å². The van der Waals surface area contributed by atoms with Gasteiger partial charge in [-0.2, -0.15) is 18.3 Å². The molecule has 0 spiro atoms. The van der Waals surface area contributed by atoms with Crippen molar-refractivity contribution in [2.24, 2.45) is 0 Å². The van der Waals surface area contributed by atoms with Gasteiger partial charge in [0.1, 0.15) is 5.69 Å². The van der Waals surface area contributed by atoms with Crippen molar-refractivity contribution >= 4 is 0 Å². The van der Waals surface area contributed by atoms with E-state index in [4.69, 9.17) is 0 Å². The summed E-state index contributed by atoms with van der Waals surface area (Å²) in [6.07, 6.45) is 0.365. The number of aryl methyl sites for hydroxylation is 2. The average molecular weight is 394 g/mol. The van der Waals surface area contributed by atoms with E-state index in [1.54, 1.807) is 54.7 Å². The zero-order valence-corrected chi connectivity index (χ0v) is 15.3. The molecule has 0 bridgehead atoms. The van der Waals surface area contributed by atoms with E-state index in [1.165, 1.54) is 12.4 Å². The summed E-state index contributed by atoms with van der Waals surface area (Å²) in [5.41, 5.74) is 1.36. The Balaban J connectivity index is 1.88. The molecular weight excluding hydrogens is 377 g/mol. The van der Waals surface area contributed by atoms with Gasteiger partial charge in [0.15, 0.2) is 5.69 Å². The number of benzene rings is 1. The Morgan fingerprint density at radius 3 is 2.17 bits per heavy atom. The van der Waals surface area contributed by atoms with Crippen molar-refractivity contribution in [2.75, 3.05) is 0 Å². The van der Waals surface area contributed by atoms with Crippen LogP contribution in [0, 0.1) is 0 Å². The maximum absolute atomic E-state index is 14.2. The van der Waals surface area contributed by atoms with Crippen molar-refractivity contribution in [3.63, 3.8) is 0 Å². The zero-order valence-electron chi connectivity index (χ0n) is 15.3. The van der Waals surface area contributed by atoms with Crippen molar-refractivity contribution < 1.29 is 13.2 Å². The fourth-order valence-electron chi connectivity index (χ4n) is 3.27. The molecule has 0 aliphatic heterocycles. The molecular formula is C22H17F3N4. The van der Waals surface area contributed by atoms with E-state index in [1.807, 2.05) is 12.1 Å². The average Bonchev–Trinajstić information content (AvgIpc) is 3.14. The molecule has 7 heteroatoms. The third kappa shape index (κ3) is 4.03. The van der Waals surface area contributed by atoms with Crippen LogP contribution in [0.3, 0.4) is 0 Å². The molecule has 0 saturated carbocycles. The highest BCUT2D eigenvalue weighted by Crippen LogP contribution is 2.42. The third-order valence-electron chi connectivity index (χ3n) is 4.54. The number of alkyl halides is 3. The summed E-state index contributed by atoms with van der Waals surface area (Å²) < 4.78 is 43.5. The van der Waals surface area contributed by atoms with Crippen molar-refractivity contribution in [1.82, 2.24) is 19.7 Å². The molecule has 0 N–H and O–H groups in total. The van der Waals surface area contributed by atoms with E-state index < -0.39 is 11.9 Å². The first-order valence-corrected chi connectivity index (χ1v) is 9.08. The second-order valence-corrected chi connectivity index (χ2v) is 6.47. The maximum Gasteiger partial charge on any atom is 0.433 e. The lowest BCUT2D eigenvalue weighted by atomic mass is 9.99. The van der Waals surface area contributed by atoms with Crippen molar-refractivity contribution in [3.8, 4) is 22.4 Å². The smallest absolute Gasteiger partial charge is 0.265 e. The summed E-state index contributed by atoms with van der Waals surface area (Å²) in [4.78, 5) is 8.13. The molecule has 3 aromatic heterocycles. The fraction of sp³-hybridized carbons (Fsp3) is 0.136. The number of rotatable bonds is 5. The van der Waals surface area contributed by atoms with Crippen LogP contribution in [0.15, 0.2) is 79.3 Å². The van der Waals surface area contributed by atoms with Gasteiger partial charge in [-0.25, -0.2) is 0 Å². The Bertz CT molecular complexity index is 1080. The molecule has 0 aliphatic carbocycles. The predicted molar refractivity (Wildman–Crippen MR) is 104 cm³/mol. The van der Waals surface area contributed by atoms with Crippen LogP contribution in [0.25, 0.3) is 22.4 Å². The number of pyridine rings is 2. The molecule has 3 heterocycles. The van der Waals surface area contributed by atoms with Crippen LogP contribution in [0.5, 0.6) is 0 Å². The molecule has 0 unspecified atom stereocenters. The fourth-order valence-corrected chi connectivity index (χ4v) is 3.27. The minimum absolute atomic E-state index is 0.0621. The number of hydrogen-bond donors (Lipinski definition) is 0. The summed E-state index contributed by atoms with van der Waals surface area (Å²) >= 11 is 0. The van der Waals surface area contributed by atoms with Gasteiger partial charge in [0, 0.05) is 48.4 Å². The standard InChI is InChI=1S/C22H17F3N4/c23-22(24,25)21-19(16-9-13-26-14-10-16)20(17-6-2-1-3-7-17)28-29(21)15-11-18-8-4-5-12-27-18/h1-10,12-14H,11,15H2. The van der Waals surface area contributed by atoms with Gasteiger partial charge in [0.25, 0.3) is 0 Å². The van der Waals surface area contributed by atoms with Gasteiger partial charge in [-0.05, 0) is 29.8 Å². The molecule has 0 fully saturated rings. The lowest BCUT2D eigenvalue weighted by molar-refractivity contribution is -0.143. The predicted octanol–water partition coefficient (Wildman–Crippen LogP) is 5.27. The number of aromatic nitrogens is 4. The van der Waals surface area contributed by atoms with Gasteiger partial charge in [0.05, 0.1) is 0 Å². The first kappa shape index (κ1) is 18.9. The summed E-state index contributed by atoms with van der Waals surface area (Å²) in [5.74, 6) is 0. The Morgan fingerprint density at radius 2 is 1.52 bits per heavy atom. The lowest BCUT2D eigenvalue weighted by Gasteiger charge is -2.13. The molecule has 4 rings (SSSR count). The first-order chi connectivity index (χ1) is 14.0. The Labute approximate surface area is 165 Å². The molecule has 0 amide bonds. The van der Waals surface area contributed by atoms with Crippen LogP contribution in [-0.2, 0) is 19.1 Å². The number of nitrogens with zero attached hydrogens (tertiary/aromatic N) is 4. The highest BCUT2D eigenvalue weighted by Gasteiger charge is 2.40. The zero-order chi connectivity index (χ0) is 20.3. The SMILES string of the molecule is FC(F)(F)c1c(-c2ccncc2)c(-c2ccccc2)nn1CCc1ccccn1. The molecule has 4 aromatic rings. The van der Waals surface area contributed by atoms with Gasteiger partial charge in [-0.15, -0.1) is 0 Å². The van der Waals surface area contributed by atoms with Crippen LogP contribution >= 0.6 is 0 Å². The first-order valence-electron chi connectivity index (χ1n) is 9.08. The Hall–Kier alpha value is -3.48. The van der Waals surface area contributed by atoms with E-state index in [9.17, 15) is 13.2 Å². The van der Waals surface area contributed by atoms with E-state index in [2.05, 4.69) is 15.1 Å². The van der Waals surface area contributed by atoms with Crippen molar-refractivity contribution in [2.45, 2.75) is 19.1 Å². The Morgan fingerprint density at radius 1 is 0.793 bits per heavy atom. The molecule has 0 atom stereocenters. The van der Waals surface area contributed by atoms with E-state index >= 15 is 0 Å². The quantitative estimate of drug-likeness (QED) is 0.463. The van der Waals surface area contributed by atoms with Crippen molar-refractivity contribution in [1.29, 1.82) is 0 Å². The largest absolute Gasteiger partial charge is 0.433 e. The topological polar surface area (TPSA) is 43.6 Å². The molecule has 4 nitrogen and oxygen atoms in total. The third-order valence-corrected chi connectivity index (χ3v) is 4.54. The van der Waals surface area contributed by atoms with Crippen LogP contribution < -0.4 is 0 Å². The van der Waals surface area contributed by atoms with Gasteiger partial charge in [-0.1, -0.05) is 36.4 Å². The van der Waals surface area contributed by atoms with E-state index in [0.29, 0.717) is 28.9 Å². The molecule has 0 radical (unpaired) electrons. The second-order valence-electron chi connectivity index (χ2n) is 6.47. The molecule has 146 valence electrons. The van der Waals surface area contributed by atoms with Crippen LogP contribution in [0.1, 0.15) is 11.4 Å². The summed E-state index contributed by atoms with van der Waals surface area (Å²) in [6, 6.07) is 17.4. The summed E-state index contributed by atoms with van der Waals surface area (Å²) in [6.45, 7) is 0.0662. The monoisotopic (exact) mass is 394 g/mol. The van der Waals surface area contributed by atoms with E-state index in [-0.39, 0.29) is 12.1 Å². The van der Waals surface area contributed by atoms with Crippen LogP contribution in [-0.4, -0.2) is 19.7 Å². The maximum atomic E-state index is 14.2. The van der Waals surface area contributed by atoms with E-state index in [0.717, 1.165) is 4.68 Å². The molecule has 0 saturated heterocycles. The molecule has 1 aromatic carbocycles. The highest BCUT2D eigenvalue weighted by atomic mass is 19.4. The van der Waals surface area contributed by atoms with Crippen LogP contribution in [0.2, 0.25) is 0 Å². The minimum atomic E-state index is -4.57. The molecule has 0 aliphatic rings. The number of hydrogen-bond acceptors (Lipinski definition) is 3. The van der Waals surface area contributed by atoms with Gasteiger partial charge < -0.3 is 0 Å². The summed E-state index contributed by atoms with van der Waals surface area (Å²) in [5, 5.41) is 4.39. The Kier molecular flexibility index (Phi) is 5.12. The lowest BCUT2D eigenvalue weighted by Crippen LogP contribution is -2.17. The number of halogens is 3. The van der Waals surface area contributed by atoms with Gasteiger partial charge in [-0.3, -0.25) is 14.6 Å². The molecule has 29 heavy (non-hydrogen) atoms. The highest BCUT2D eigenvalue weighted by molar-refractivity contribution is 5.83. The minimum Gasteiger partial charge on any atom is -0.265 e. The summed E-state index contributed by atoms with van der Waals surface area (Å²) in [7, 11) is 0. The van der Waals surface area contributed by atoms with Crippen LogP contribution in [0.4, 0.5) is 13.2 Å². The van der Waals surface area contributed by atoms with Gasteiger partial charge >= 0.3 is 6.18 Å². The normalized spacial score (nSPS) is 11.6. The second kappa shape index (κ2) is 7.87.